The van der Waals surface area contributed by atoms with Gasteiger partial charge in [-0.15, -0.1) is 0 Å². The van der Waals surface area contributed by atoms with E-state index in [0.717, 1.165) is 5.57 Å². The van der Waals surface area contributed by atoms with E-state index in [1.54, 1.807) is 0 Å². The molecule has 0 aromatic carbocycles. The van der Waals surface area contributed by atoms with E-state index in [1.807, 2.05) is 0 Å². The number of aldehydes is 1. The van der Waals surface area contributed by atoms with Crippen molar-refractivity contribution in [2.75, 3.05) is 13.1 Å². The highest BCUT2D eigenvalue weighted by Gasteiger charge is 2.19. The predicted octanol–water partition coefficient (Wildman–Crippen LogP) is 1.45. The summed E-state index contributed by atoms with van der Waals surface area (Å²) in [5.74, 6) is 0. The Labute approximate surface area is 80.8 Å². The Kier molecular flexibility index (Phi) is 3.31. The van der Waals surface area contributed by atoms with Crippen LogP contribution in [0, 0.1) is 0 Å². The maximum absolute atomic E-state index is 10.5. The van der Waals surface area contributed by atoms with Crippen LogP contribution in [0.2, 0.25) is 0 Å². The van der Waals surface area contributed by atoms with E-state index in [-0.39, 0.29) is 5.03 Å². The third kappa shape index (κ3) is 2.45. The topological polar surface area (TPSA) is 57.6 Å². The van der Waals surface area contributed by atoms with Gasteiger partial charge in [-0.2, -0.15) is 0 Å². The molecule has 1 saturated heterocycles. The summed E-state index contributed by atoms with van der Waals surface area (Å²) < 4.78 is 0. The molecule has 1 heterocycles. The molecule has 72 valence electrons. The first-order chi connectivity index (χ1) is 6.15. The van der Waals surface area contributed by atoms with Crippen LogP contribution < -0.4 is 0 Å². The molecule has 0 bridgehead atoms. The summed E-state index contributed by atoms with van der Waals surface area (Å²) in [7, 11) is 0. The number of hydrogen-bond donors (Lipinski definition) is 1. The number of likely N-dealkylation sites (tertiary alicyclic amines) is 1. The van der Waals surface area contributed by atoms with Crippen molar-refractivity contribution in [1.82, 2.24) is 4.90 Å². The molecule has 0 aromatic rings. The lowest BCUT2D eigenvalue weighted by atomic mass is 10.0. The van der Waals surface area contributed by atoms with Crippen LogP contribution in [0.4, 0.5) is 4.79 Å². The molecule has 1 fully saturated rings. The van der Waals surface area contributed by atoms with Crippen LogP contribution in [0.5, 0.6) is 0 Å². The lowest BCUT2D eigenvalue weighted by Crippen LogP contribution is -2.35. The van der Waals surface area contributed by atoms with E-state index < -0.39 is 6.09 Å². The molecule has 4 nitrogen and oxygen atoms in total. The number of piperidine rings is 1. The number of hydrogen-bond acceptors (Lipinski definition) is 2. The van der Waals surface area contributed by atoms with Crippen LogP contribution in [0.15, 0.2) is 10.6 Å². The molecular formula is C8H10ClNO3. The minimum Gasteiger partial charge on any atom is -0.465 e. The number of carbonyl (C=O) groups excluding carboxylic acids is 1. The van der Waals surface area contributed by atoms with E-state index in [4.69, 9.17) is 16.7 Å². The molecule has 0 spiro atoms. The standard InChI is InChI=1S/C8H10ClNO3/c9-7(5-11)6-1-3-10(4-2-6)8(12)13/h5H,1-4H2,(H,12,13). The molecule has 1 aliphatic heterocycles. The van der Waals surface area contributed by atoms with Gasteiger partial charge in [0.2, 0.25) is 0 Å². The lowest BCUT2D eigenvalue weighted by Gasteiger charge is -2.25. The van der Waals surface area contributed by atoms with Gasteiger partial charge in [-0.05, 0) is 18.4 Å². The summed E-state index contributed by atoms with van der Waals surface area (Å²) in [6, 6.07) is 0. The minimum atomic E-state index is -0.915. The average Bonchev–Trinajstić information content (AvgIpc) is 2.17. The molecule has 13 heavy (non-hydrogen) atoms. The minimum absolute atomic E-state index is 0.227. The van der Waals surface area contributed by atoms with Gasteiger partial charge in [0.1, 0.15) is 0 Å². The van der Waals surface area contributed by atoms with Gasteiger partial charge in [-0.25, -0.2) is 4.79 Å². The smallest absolute Gasteiger partial charge is 0.407 e. The van der Waals surface area contributed by atoms with Gasteiger partial charge in [0.15, 0.2) is 6.29 Å². The van der Waals surface area contributed by atoms with Crippen LogP contribution in [0.1, 0.15) is 12.8 Å². The summed E-state index contributed by atoms with van der Waals surface area (Å²) in [4.78, 5) is 22.1. The van der Waals surface area contributed by atoms with Gasteiger partial charge in [0.05, 0.1) is 5.03 Å². The fourth-order valence-electron chi connectivity index (χ4n) is 1.29. The molecule has 0 atom stereocenters. The summed E-state index contributed by atoms with van der Waals surface area (Å²) in [5, 5.41) is 8.85. The van der Waals surface area contributed by atoms with E-state index in [0.29, 0.717) is 32.2 Å². The van der Waals surface area contributed by atoms with Gasteiger partial charge in [-0.1, -0.05) is 11.6 Å². The quantitative estimate of drug-likeness (QED) is 0.519. The summed E-state index contributed by atoms with van der Waals surface area (Å²) >= 11 is 5.62. The molecule has 1 amide bonds. The summed E-state index contributed by atoms with van der Waals surface area (Å²) in [5.41, 5.74) is 0.856. The Balaban J connectivity index is 2.57. The first-order valence-corrected chi connectivity index (χ1v) is 4.33. The van der Waals surface area contributed by atoms with Crippen molar-refractivity contribution in [1.29, 1.82) is 0 Å². The van der Waals surface area contributed by atoms with Gasteiger partial charge >= 0.3 is 6.09 Å². The van der Waals surface area contributed by atoms with E-state index in [9.17, 15) is 9.59 Å². The molecule has 5 heteroatoms. The van der Waals surface area contributed by atoms with Crippen LogP contribution in [-0.2, 0) is 4.79 Å². The molecule has 0 unspecified atom stereocenters. The third-order valence-corrected chi connectivity index (χ3v) is 2.44. The maximum atomic E-state index is 10.5. The Bertz CT molecular complexity index is 252. The highest BCUT2D eigenvalue weighted by atomic mass is 35.5. The summed E-state index contributed by atoms with van der Waals surface area (Å²) in [6.07, 6.45) is 0.808. The average molecular weight is 204 g/mol. The molecule has 0 aromatic heterocycles. The number of amides is 1. The molecular weight excluding hydrogens is 194 g/mol. The highest BCUT2D eigenvalue weighted by molar-refractivity contribution is 6.39. The Hall–Kier alpha value is -1.03. The van der Waals surface area contributed by atoms with Gasteiger partial charge in [-0.3, -0.25) is 4.79 Å². The number of carbonyl (C=O) groups is 2. The fourth-order valence-corrected chi connectivity index (χ4v) is 1.48. The molecule has 0 saturated carbocycles. The van der Waals surface area contributed by atoms with Crippen LogP contribution >= 0.6 is 11.6 Å². The van der Waals surface area contributed by atoms with Crippen molar-refractivity contribution < 1.29 is 14.7 Å². The number of allylic oxidation sites excluding steroid dienone is 1. The van der Waals surface area contributed by atoms with Gasteiger partial charge in [0, 0.05) is 13.1 Å². The first kappa shape index (κ1) is 10.1. The SMILES string of the molecule is O=CC(Cl)=C1CCN(C(=O)O)CC1. The maximum Gasteiger partial charge on any atom is 0.407 e. The van der Waals surface area contributed by atoms with Crippen LogP contribution in [0.3, 0.4) is 0 Å². The fraction of sp³-hybridized carbons (Fsp3) is 0.500. The Morgan fingerprint density at radius 3 is 2.38 bits per heavy atom. The monoisotopic (exact) mass is 203 g/mol. The predicted molar refractivity (Wildman–Crippen MR) is 47.8 cm³/mol. The molecule has 0 radical (unpaired) electrons. The van der Waals surface area contributed by atoms with E-state index >= 15 is 0 Å². The molecule has 1 N–H and O–H groups in total. The molecule has 1 aliphatic rings. The zero-order valence-corrected chi connectivity index (χ0v) is 7.75. The zero-order valence-electron chi connectivity index (χ0n) is 6.99. The zero-order chi connectivity index (χ0) is 9.84. The normalized spacial score (nSPS) is 17.0. The van der Waals surface area contributed by atoms with Crippen molar-refractivity contribution in [2.45, 2.75) is 12.8 Å². The number of rotatable bonds is 1. The molecule has 1 rings (SSSR count). The Morgan fingerprint density at radius 1 is 1.46 bits per heavy atom. The summed E-state index contributed by atoms with van der Waals surface area (Å²) in [6.45, 7) is 0.851. The van der Waals surface area contributed by atoms with Crippen molar-refractivity contribution >= 4 is 24.0 Å². The van der Waals surface area contributed by atoms with E-state index in [1.165, 1.54) is 4.90 Å². The second-order valence-electron chi connectivity index (χ2n) is 2.84. The second-order valence-corrected chi connectivity index (χ2v) is 3.25. The van der Waals surface area contributed by atoms with E-state index in [2.05, 4.69) is 0 Å². The van der Waals surface area contributed by atoms with Crippen molar-refractivity contribution in [3.63, 3.8) is 0 Å². The molecule has 0 aliphatic carbocycles. The van der Waals surface area contributed by atoms with Crippen molar-refractivity contribution in [3.05, 3.63) is 10.6 Å². The Morgan fingerprint density at radius 2 is 2.00 bits per heavy atom. The lowest BCUT2D eigenvalue weighted by molar-refractivity contribution is -0.104. The largest absolute Gasteiger partial charge is 0.465 e. The first-order valence-electron chi connectivity index (χ1n) is 3.95. The van der Waals surface area contributed by atoms with Crippen molar-refractivity contribution in [3.8, 4) is 0 Å². The van der Waals surface area contributed by atoms with Gasteiger partial charge < -0.3 is 10.0 Å². The van der Waals surface area contributed by atoms with Crippen LogP contribution in [0.25, 0.3) is 0 Å². The number of halogens is 1. The van der Waals surface area contributed by atoms with Crippen molar-refractivity contribution in [2.24, 2.45) is 0 Å². The second kappa shape index (κ2) is 4.28. The number of nitrogens with zero attached hydrogens (tertiary/aromatic N) is 1. The highest BCUT2D eigenvalue weighted by Crippen LogP contribution is 2.20. The van der Waals surface area contributed by atoms with Crippen LogP contribution in [-0.4, -0.2) is 35.5 Å². The van der Waals surface area contributed by atoms with Gasteiger partial charge in [0.25, 0.3) is 0 Å². The third-order valence-electron chi connectivity index (χ3n) is 2.08. The number of carboxylic acid groups (broad SMARTS) is 1.